The van der Waals surface area contributed by atoms with E-state index in [1.165, 1.54) is 25.7 Å². The van der Waals surface area contributed by atoms with Crippen LogP contribution in [0.3, 0.4) is 0 Å². The van der Waals surface area contributed by atoms with Crippen molar-refractivity contribution in [3.8, 4) is 0 Å². The van der Waals surface area contributed by atoms with E-state index >= 15 is 0 Å². The minimum absolute atomic E-state index is 0.155. The largest absolute Gasteiger partial charge is 0.465 e. The molecule has 4 nitrogen and oxygen atoms in total. The predicted molar refractivity (Wildman–Crippen MR) is 57.7 cm³/mol. The molecule has 1 aliphatic carbocycles. The predicted octanol–water partition coefficient (Wildman–Crippen LogP) is 1.10. The number of hydrogen-bond acceptors (Lipinski definition) is 4. The van der Waals surface area contributed by atoms with Gasteiger partial charge in [-0.3, -0.25) is 4.79 Å². The Balaban J connectivity index is 1.93. The molecule has 0 aromatic rings. The van der Waals surface area contributed by atoms with Gasteiger partial charge in [0.05, 0.1) is 13.2 Å². The average molecular weight is 215 g/mol. The highest BCUT2D eigenvalue weighted by Crippen LogP contribution is 2.17. The Morgan fingerprint density at radius 2 is 2.07 bits per heavy atom. The molecule has 0 aromatic carbocycles. The van der Waals surface area contributed by atoms with E-state index in [-0.39, 0.29) is 5.97 Å². The fourth-order valence-corrected chi connectivity index (χ4v) is 1.80. The lowest BCUT2D eigenvalue weighted by atomic mass is 10.2. The topological polar surface area (TPSA) is 47.6 Å². The van der Waals surface area contributed by atoms with E-state index in [1.54, 1.807) is 7.11 Å². The van der Waals surface area contributed by atoms with Crippen LogP contribution in [-0.2, 0) is 14.3 Å². The molecule has 0 bridgehead atoms. The Morgan fingerprint density at radius 3 is 2.73 bits per heavy atom. The lowest BCUT2D eigenvalue weighted by Crippen LogP contribution is -2.32. The van der Waals surface area contributed by atoms with Gasteiger partial charge < -0.3 is 14.8 Å². The second-order valence-electron chi connectivity index (χ2n) is 3.93. The highest BCUT2D eigenvalue weighted by atomic mass is 16.5. The SMILES string of the molecule is COCCCOC(=O)CNC1CCCC1. The molecule has 0 saturated heterocycles. The van der Waals surface area contributed by atoms with Crippen molar-refractivity contribution in [3.63, 3.8) is 0 Å². The highest BCUT2D eigenvalue weighted by Gasteiger charge is 2.15. The first kappa shape index (κ1) is 12.5. The lowest BCUT2D eigenvalue weighted by molar-refractivity contribution is -0.143. The van der Waals surface area contributed by atoms with Gasteiger partial charge in [-0.05, 0) is 12.8 Å². The molecule has 0 unspecified atom stereocenters. The Morgan fingerprint density at radius 1 is 1.33 bits per heavy atom. The van der Waals surface area contributed by atoms with Crippen LogP contribution in [0.2, 0.25) is 0 Å². The van der Waals surface area contributed by atoms with Crippen molar-refractivity contribution in [2.24, 2.45) is 0 Å². The monoisotopic (exact) mass is 215 g/mol. The van der Waals surface area contributed by atoms with E-state index in [0.717, 1.165) is 6.42 Å². The minimum Gasteiger partial charge on any atom is -0.465 e. The Kier molecular flexibility index (Phi) is 6.36. The van der Waals surface area contributed by atoms with Crippen LogP contribution in [0.4, 0.5) is 0 Å². The summed E-state index contributed by atoms with van der Waals surface area (Å²) in [5, 5.41) is 3.22. The molecule has 1 saturated carbocycles. The van der Waals surface area contributed by atoms with Crippen molar-refractivity contribution in [2.45, 2.75) is 38.1 Å². The van der Waals surface area contributed by atoms with Gasteiger partial charge in [-0.15, -0.1) is 0 Å². The first-order chi connectivity index (χ1) is 7.33. The van der Waals surface area contributed by atoms with Gasteiger partial charge in [0.1, 0.15) is 0 Å². The van der Waals surface area contributed by atoms with Crippen LogP contribution in [0.25, 0.3) is 0 Å². The molecule has 0 aromatic heterocycles. The van der Waals surface area contributed by atoms with E-state index in [2.05, 4.69) is 5.32 Å². The number of carbonyl (C=O) groups excluding carboxylic acids is 1. The molecule has 0 amide bonds. The number of rotatable bonds is 7. The van der Waals surface area contributed by atoms with E-state index in [9.17, 15) is 4.79 Å². The van der Waals surface area contributed by atoms with Crippen LogP contribution in [-0.4, -0.2) is 38.9 Å². The first-order valence-electron chi connectivity index (χ1n) is 5.71. The third kappa shape index (κ3) is 5.74. The number of methoxy groups -OCH3 is 1. The second kappa shape index (κ2) is 7.65. The van der Waals surface area contributed by atoms with Gasteiger partial charge >= 0.3 is 5.97 Å². The van der Waals surface area contributed by atoms with E-state index < -0.39 is 0 Å². The van der Waals surface area contributed by atoms with Crippen LogP contribution in [0.5, 0.6) is 0 Å². The highest BCUT2D eigenvalue weighted by molar-refractivity contribution is 5.71. The summed E-state index contributed by atoms with van der Waals surface area (Å²) in [5.74, 6) is -0.155. The smallest absolute Gasteiger partial charge is 0.319 e. The molecule has 0 atom stereocenters. The molecule has 0 heterocycles. The maximum Gasteiger partial charge on any atom is 0.319 e. The molecule has 1 fully saturated rings. The summed E-state index contributed by atoms with van der Waals surface area (Å²) < 4.78 is 9.88. The summed E-state index contributed by atoms with van der Waals surface area (Å²) in [7, 11) is 1.64. The summed E-state index contributed by atoms with van der Waals surface area (Å²) in [5.41, 5.74) is 0. The van der Waals surface area contributed by atoms with Gasteiger partial charge in [0, 0.05) is 26.2 Å². The maximum absolute atomic E-state index is 11.2. The molecule has 0 aliphatic heterocycles. The number of nitrogens with one attached hydrogen (secondary N) is 1. The third-order valence-electron chi connectivity index (χ3n) is 2.65. The van der Waals surface area contributed by atoms with Crippen molar-refractivity contribution in [3.05, 3.63) is 0 Å². The normalized spacial score (nSPS) is 16.9. The van der Waals surface area contributed by atoms with Crippen molar-refractivity contribution in [1.82, 2.24) is 5.32 Å². The molecule has 1 rings (SSSR count). The van der Waals surface area contributed by atoms with E-state index in [0.29, 0.717) is 25.8 Å². The number of ether oxygens (including phenoxy) is 2. The Bertz CT molecular complexity index is 179. The number of hydrogen-bond donors (Lipinski definition) is 1. The third-order valence-corrected chi connectivity index (χ3v) is 2.65. The van der Waals surface area contributed by atoms with Crippen molar-refractivity contribution in [2.75, 3.05) is 26.9 Å². The summed E-state index contributed by atoms with van der Waals surface area (Å²) >= 11 is 0. The van der Waals surface area contributed by atoms with Crippen LogP contribution >= 0.6 is 0 Å². The van der Waals surface area contributed by atoms with Gasteiger partial charge in [0.15, 0.2) is 0 Å². The van der Waals surface area contributed by atoms with Gasteiger partial charge in [0.2, 0.25) is 0 Å². The molecular formula is C11H21NO3. The summed E-state index contributed by atoms with van der Waals surface area (Å²) in [6, 6.07) is 0.525. The minimum atomic E-state index is -0.155. The molecule has 15 heavy (non-hydrogen) atoms. The van der Waals surface area contributed by atoms with E-state index in [4.69, 9.17) is 9.47 Å². The molecule has 1 aliphatic rings. The molecule has 4 heteroatoms. The number of esters is 1. The summed E-state index contributed by atoms with van der Waals surface area (Å²) in [4.78, 5) is 11.2. The quantitative estimate of drug-likeness (QED) is 0.510. The Labute approximate surface area is 91.3 Å². The molecule has 0 spiro atoms. The zero-order valence-electron chi connectivity index (χ0n) is 9.46. The lowest BCUT2D eigenvalue weighted by Gasteiger charge is -2.11. The first-order valence-corrected chi connectivity index (χ1v) is 5.71. The standard InChI is InChI=1S/C11H21NO3/c1-14-7-4-8-15-11(13)9-12-10-5-2-3-6-10/h10,12H,2-9H2,1H3. The number of carbonyl (C=O) groups is 1. The fourth-order valence-electron chi connectivity index (χ4n) is 1.80. The second-order valence-corrected chi connectivity index (χ2v) is 3.93. The van der Waals surface area contributed by atoms with Crippen LogP contribution < -0.4 is 5.32 Å². The van der Waals surface area contributed by atoms with Gasteiger partial charge in [-0.25, -0.2) is 0 Å². The zero-order valence-corrected chi connectivity index (χ0v) is 9.46. The van der Waals surface area contributed by atoms with Crippen LogP contribution in [0.15, 0.2) is 0 Å². The van der Waals surface area contributed by atoms with Gasteiger partial charge in [0.25, 0.3) is 0 Å². The molecule has 88 valence electrons. The summed E-state index contributed by atoms with van der Waals surface area (Å²) in [6.45, 7) is 1.44. The molecule has 1 N–H and O–H groups in total. The molecule has 0 radical (unpaired) electrons. The average Bonchev–Trinajstić information content (AvgIpc) is 2.74. The van der Waals surface area contributed by atoms with Crippen molar-refractivity contribution in [1.29, 1.82) is 0 Å². The van der Waals surface area contributed by atoms with Crippen molar-refractivity contribution >= 4 is 5.97 Å². The molecular weight excluding hydrogens is 194 g/mol. The van der Waals surface area contributed by atoms with Crippen molar-refractivity contribution < 1.29 is 14.3 Å². The van der Waals surface area contributed by atoms with Gasteiger partial charge in [-0.2, -0.15) is 0 Å². The zero-order chi connectivity index (χ0) is 10.9. The summed E-state index contributed by atoms with van der Waals surface area (Å²) in [6.07, 6.45) is 5.71. The fraction of sp³-hybridized carbons (Fsp3) is 0.909. The van der Waals surface area contributed by atoms with Gasteiger partial charge in [-0.1, -0.05) is 12.8 Å². The van der Waals surface area contributed by atoms with E-state index in [1.807, 2.05) is 0 Å². The Hall–Kier alpha value is -0.610. The van der Waals surface area contributed by atoms with Crippen LogP contribution in [0, 0.1) is 0 Å². The van der Waals surface area contributed by atoms with Crippen LogP contribution in [0.1, 0.15) is 32.1 Å². The maximum atomic E-state index is 11.2.